The summed E-state index contributed by atoms with van der Waals surface area (Å²) in [4.78, 5) is 14.1. The number of nitrogens with zero attached hydrogens (tertiary/aromatic N) is 4. The van der Waals surface area contributed by atoms with Gasteiger partial charge in [0.1, 0.15) is 6.04 Å². The van der Waals surface area contributed by atoms with Crippen molar-refractivity contribution in [1.29, 1.82) is 0 Å². The molecule has 0 bridgehead atoms. The van der Waals surface area contributed by atoms with Crippen molar-refractivity contribution in [3.63, 3.8) is 0 Å². The molecule has 2 heterocycles. The molecule has 0 aliphatic carbocycles. The van der Waals surface area contributed by atoms with E-state index < -0.39 is 0 Å². The molecule has 0 spiro atoms. The Morgan fingerprint density at radius 1 is 1.48 bits per heavy atom. The second-order valence-corrected chi connectivity index (χ2v) is 5.44. The number of rotatable bonds is 6. The number of aromatic amines is 1. The highest BCUT2D eigenvalue weighted by molar-refractivity contribution is 5.79. The minimum absolute atomic E-state index is 0.0827. The fourth-order valence-electron chi connectivity index (χ4n) is 2.49. The Hall–Kier alpha value is -2.11. The van der Waals surface area contributed by atoms with E-state index in [2.05, 4.69) is 15.3 Å². The van der Waals surface area contributed by atoms with E-state index in [4.69, 9.17) is 0 Å². The summed E-state index contributed by atoms with van der Waals surface area (Å²) in [7, 11) is 1.84. The second-order valence-electron chi connectivity index (χ2n) is 5.44. The van der Waals surface area contributed by atoms with Crippen molar-refractivity contribution >= 4 is 5.91 Å². The quantitative estimate of drug-likeness (QED) is 0.883. The van der Waals surface area contributed by atoms with Gasteiger partial charge in [0.15, 0.2) is 0 Å². The molecule has 6 heteroatoms. The minimum atomic E-state index is -0.262. The molecule has 0 aromatic carbocycles. The number of likely N-dealkylation sites (N-methyl/N-ethyl adjacent to an activating group) is 1. The van der Waals surface area contributed by atoms with Crippen molar-refractivity contribution < 1.29 is 4.79 Å². The maximum Gasteiger partial charge on any atom is 0.246 e. The van der Waals surface area contributed by atoms with Crippen molar-refractivity contribution in [3.8, 4) is 0 Å². The van der Waals surface area contributed by atoms with Gasteiger partial charge in [0.05, 0.1) is 5.69 Å². The average Bonchev–Trinajstić information content (AvgIpc) is 3.10. The molecule has 114 valence electrons. The maximum atomic E-state index is 12.3. The topological polar surface area (TPSA) is 66.8 Å². The van der Waals surface area contributed by atoms with Gasteiger partial charge >= 0.3 is 0 Å². The van der Waals surface area contributed by atoms with E-state index in [9.17, 15) is 4.79 Å². The normalized spacial score (nSPS) is 12.4. The van der Waals surface area contributed by atoms with E-state index in [1.807, 2.05) is 40.1 Å². The van der Waals surface area contributed by atoms with Crippen molar-refractivity contribution in [2.45, 2.75) is 39.7 Å². The van der Waals surface area contributed by atoms with Crippen LogP contribution in [0.2, 0.25) is 0 Å². The standard InChI is InChI=1S/C15H23N5O/c1-11-14(12(2)18-17-11)7-5-9-19(4)15(21)13(3)20-10-6-8-16-20/h6,8,10,13H,5,7,9H2,1-4H3,(H,17,18). The number of H-pyrrole nitrogens is 1. The number of carbonyl (C=O) groups is 1. The predicted molar refractivity (Wildman–Crippen MR) is 81.0 cm³/mol. The average molecular weight is 289 g/mol. The summed E-state index contributed by atoms with van der Waals surface area (Å²) in [5, 5.41) is 11.3. The fourth-order valence-corrected chi connectivity index (χ4v) is 2.49. The SMILES string of the molecule is Cc1n[nH]c(C)c1CCCN(C)C(=O)C(C)n1cccn1. The van der Waals surface area contributed by atoms with Crippen LogP contribution in [0.25, 0.3) is 0 Å². The number of hydrogen-bond acceptors (Lipinski definition) is 3. The van der Waals surface area contributed by atoms with Gasteiger partial charge in [-0.25, -0.2) is 0 Å². The van der Waals surface area contributed by atoms with Crippen LogP contribution in [0, 0.1) is 13.8 Å². The summed E-state index contributed by atoms with van der Waals surface area (Å²) in [6.07, 6.45) is 5.36. The molecule has 1 unspecified atom stereocenters. The predicted octanol–water partition coefficient (Wildman–Crippen LogP) is 1.88. The van der Waals surface area contributed by atoms with E-state index in [1.165, 1.54) is 5.56 Å². The van der Waals surface area contributed by atoms with E-state index >= 15 is 0 Å². The summed E-state index contributed by atoms with van der Waals surface area (Å²) in [6.45, 7) is 6.64. The first kappa shape index (κ1) is 15.3. The Bertz CT molecular complexity index is 568. The molecule has 0 aliphatic rings. The lowest BCUT2D eigenvalue weighted by molar-refractivity contribution is -0.133. The molecule has 0 aliphatic heterocycles. The van der Waals surface area contributed by atoms with Crippen molar-refractivity contribution in [2.24, 2.45) is 0 Å². The Balaban J connectivity index is 1.84. The summed E-state index contributed by atoms with van der Waals surface area (Å²) in [5.74, 6) is 0.0827. The number of carbonyl (C=O) groups excluding carboxylic acids is 1. The van der Waals surface area contributed by atoms with Crippen LogP contribution in [-0.4, -0.2) is 44.4 Å². The lowest BCUT2D eigenvalue weighted by Crippen LogP contribution is -2.34. The third-order valence-electron chi connectivity index (χ3n) is 3.86. The number of hydrogen-bond donors (Lipinski definition) is 1. The largest absolute Gasteiger partial charge is 0.344 e. The second kappa shape index (κ2) is 6.56. The van der Waals surface area contributed by atoms with Crippen molar-refractivity contribution in [1.82, 2.24) is 24.9 Å². The molecule has 0 radical (unpaired) electrons. The van der Waals surface area contributed by atoms with Crippen LogP contribution in [0.1, 0.15) is 36.3 Å². The molecule has 21 heavy (non-hydrogen) atoms. The third-order valence-corrected chi connectivity index (χ3v) is 3.86. The first-order valence-corrected chi connectivity index (χ1v) is 7.25. The summed E-state index contributed by atoms with van der Waals surface area (Å²) in [6, 6.07) is 1.57. The summed E-state index contributed by atoms with van der Waals surface area (Å²) < 4.78 is 1.68. The molecule has 0 saturated heterocycles. The van der Waals surface area contributed by atoms with E-state index in [-0.39, 0.29) is 11.9 Å². The van der Waals surface area contributed by atoms with Gasteiger partial charge in [-0.2, -0.15) is 10.2 Å². The van der Waals surface area contributed by atoms with E-state index in [1.54, 1.807) is 15.8 Å². The molecule has 2 rings (SSSR count). The Morgan fingerprint density at radius 3 is 2.81 bits per heavy atom. The lowest BCUT2D eigenvalue weighted by atomic mass is 10.1. The summed E-state index contributed by atoms with van der Waals surface area (Å²) in [5.41, 5.74) is 3.42. The zero-order valence-electron chi connectivity index (χ0n) is 13.1. The minimum Gasteiger partial charge on any atom is -0.344 e. The lowest BCUT2D eigenvalue weighted by Gasteiger charge is -2.21. The molecule has 1 N–H and O–H groups in total. The Labute approximate surface area is 125 Å². The van der Waals surface area contributed by atoms with Crippen molar-refractivity contribution in [2.75, 3.05) is 13.6 Å². The first-order chi connectivity index (χ1) is 10.0. The molecule has 0 fully saturated rings. The molecule has 2 aromatic heterocycles. The highest BCUT2D eigenvalue weighted by Crippen LogP contribution is 2.13. The molecule has 1 amide bonds. The number of aryl methyl sites for hydroxylation is 2. The van der Waals surface area contributed by atoms with Crippen LogP contribution in [0.4, 0.5) is 0 Å². The van der Waals surface area contributed by atoms with Gasteiger partial charge < -0.3 is 4.90 Å². The zero-order chi connectivity index (χ0) is 15.4. The van der Waals surface area contributed by atoms with Gasteiger partial charge in [0.25, 0.3) is 0 Å². The molecular formula is C15H23N5O. The molecule has 0 saturated carbocycles. The van der Waals surface area contributed by atoms with Gasteiger partial charge in [-0.15, -0.1) is 0 Å². The number of aromatic nitrogens is 4. The van der Waals surface area contributed by atoms with Gasteiger partial charge in [0, 0.05) is 31.7 Å². The number of amides is 1. The monoisotopic (exact) mass is 289 g/mol. The van der Waals surface area contributed by atoms with Crippen molar-refractivity contribution in [3.05, 3.63) is 35.4 Å². The van der Waals surface area contributed by atoms with Crippen LogP contribution in [-0.2, 0) is 11.2 Å². The Morgan fingerprint density at radius 2 is 2.24 bits per heavy atom. The van der Waals surface area contributed by atoms with Gasteiger partial charge in [0.2, 0.25) is 5.91 Å². The zero-order valence-corrected chi connectivity index (χ0v) is 13.1. The van der Waals surface area contributed by atoms with Crippen LogP contribution in [0.15, 0.2) is 18.5 Å². The van der Waals surface area contributed by atoms with E-state index in [0.717, 1.165) is 30.8 Å². The molecular weight excluding hydrogens is 266 g/mol. The Kier molecular flexibility index (Phi) is 4.77. The first-order valence-electron chi connectivity index (χ1n) is 7.25. The smallest absolute Gasteiger partial charge is 0.246 e. The molecule has 6 nitrogen and oxygen atoms in total. The van der Waals surface area contributed by atoms with Gasteiger partial charge in [-0.1, -0.05) is 0 Å². The molecule has 2 aromatic rings. The van der Waals surface area contributed by atoms with Gasteiger partial charge in [-0.05, 0) is 45.2 Å². The van der Waals surface area contributed by atoms with Crippen LogP contribution in [0.3, 0.4) is 0 Å². The van der Waals surface area contributed by atoms with Crippen LogP contribution >= 0.6 is 0 Å². The number of nitrogens with one attached hydrogen (secondary N) is 1. The van der Waals surface area contributed by atoms with Crippen LogP contribution in [0.5, 0.6) is 0 Å². The van der Waals surface area contributed by atoms with Crippen LogP contribution < -0.4 is 0 Å². The van der Waals surface area contributed by atoms with E-state index in [0.29, 0.717) is 0 Å². The maximum absolute atomic E-state index is 12.3. The third kappa shape index (κ3) is 3.51. The fraction of sp³-hybridized carbons (Fsp3) is 0.533. The highest BCUT2D eigenvalue weighted by Gasteiger charge is 2.19. The summed E-state index contributed by atoms with van der Waals surface area (Å²) >= 11 is 0. The van der Waals surface area contributed by atoms with Gasteiger partial charge in [-0.3, -0.25) is 14.6 Å². The highest BCUT2D eigenvalue weighted by atomic mass is 16.2. The molecule has 1 atom stereocenters.